The Kier molecular flexibility index (Phi) is 6.31. The van der Waals surface area contributed by atoms with E-state index in [1.807, 2.05) is 34.0 Å². The first kappa shape index (κ1) is 13.5. The van der Waals surface area contributed by atoms with Crippen LogP contribution in [0.3, 0.4) is 0 Å². The van der Waals surface area contributed by atoms with E-state index in [1.165, 1.54) is 11.8 Å². The molecule has 0 saturated heterocycles. The fourth-order valence-corrected chi connectivity index (χ4v) is 3.97. The Morgan fingerprint density at radius 3 is 1.77 bits per heavy atom. The van der Waals surface area contributed by atoms with E-state index in [2.05, 4.69) is 0 Å². The first-order valence-electron chi connectivity index (χ1n) is 4.34. The molecule has 0 N–H and O–H groups in total. The molecule has 0 fully saturated rings. The molecule has 0 saturated carbocycles. The molecule has 0 atom stereocenters. The van der Waals surface area contributed by atoms with Gasteiger partial charge in [0.1, 0.15) is 0 Å². The topological polar surface area (TPSA) is 35.5 Å². The van der Waals surface area contributed by atoms with Gasteiger partial charge in [0, 0.05) is 0 Å². The molecule has 0 aliphatic rings. The largest absolute Gasteiger partial charge is 0.340 e. The van der Waals surface area contributed by atoms with Crippen molar-refractivity contribution in [3.8, 4) is 0 Å². The third-order valence-electron chi connectivity index (χ3n) is 1.03. The van der Waals surface area contributed by atoms with Crippen molar-refractivity contribution in [2.45, 2.75) is 39.9 Å². The third kappa shape index (κ3) is 6.55. The van der Waals surface area contributed by atoms with Crippen molar-refractivity contribution in [2.24, 2.45) is 0 Å². The minimum absolute atomic E-state index is 0.0586. The minimum atomic E-state index is -2.87. The van der Waals surface area contributed by atoms with Crippen molar-refractivity contribution in [1.29, 1.82) is 0 Å². The van der Waals surface area contributed by atoms with Crippen LogP contribution in [0.15, 0.2) is 0 Å². The summed E-state index contributed by atoms with van der Waals surface area (Å²) in [4.78, 5) is 0. The van der Waals surface area contributed by atoms with Gasteiger partial charge in [0.2, 0.25) is 0 Å². The molecule has 0 amide bonds. The van der Waals surface area contributed by atoms with Crippen LogP contribution in [0.4, 0.5) is 0 Å². The Balaban J connectivity index is 4.25. The molecule has 0 aromatic heterocycles. The standard InChI is InChI=1S/C8H19O3PS/c1-7(2)10-12(9,6-13-5)11-8(3)4/h7-8H,6H2,1-5H3. The number of rotatable bonds is 6. The third-order valence-corrected chi connectivity index (χ3v) is 4.81. The zero-order chi connectivity index (χ0) is 10.5. The molecule has 5 heteroatoms. The second-order valence-corrected chi connectivity index (χ2v) is 6.59. The quantitative estimate of drug-likeness (QED) is 0.651. The van der Waals surface area contributed by atoms with Crippen molar-refractivity contribution < 1.29 is 13.6 Å². The lowest BCUT2D eigenvalue weighted by Crippen LogP contribution is -2.09. The van der Waals surface area contributed by atoms with E-state index in [4.69, 9.17) is 9.05 Å². The van der Waals surface area contributed by atoms with Gasteiger partial charge < -0.3 is 9.05 Å². The van der Waals surface area contributed by atoms with Gasteiger partial charge in [0.05, 0.1) is 17.7 Å². The molecular formula is C8H19O3PS. The van der Waals surface area contributed by atoms with Gasteiger partial charge in [-0.05, 0) is 34.0 Å². The highest BCUT2D eigenvalue weighted by Crippen LogP contribution is 2.52. The summed E-state index contributed by atoms with van der Waals surface area (Å²) < 4.78 is 22.6. The van der Waals surface area contributed by atoms with Crippen LogP contribution in [-0.2, 0) is 13.6 Å². The number of hydrogen-bond acceptors (Lipinski definition) is 4. The van der Waals surface area contributed by atoms with E-state index >= 15 is 0 Å². The molecule has 0 aromatic carbocycles. The maximum absolute atomic E-state index is 12.0. The van der Waals surface area contributed by atoms with Crippen LogP contribution in [-0.4, -0.2) is 24.0 Å². The fraction of sp³-hybridized carbons (Fsp3) is 1.00. The van der Waals surface area contributed by atoms with Gasteiger partial charge in [0.25, 0.3) is 0 Å². The van der Waals surface area contributed by atoms with Crippen molar-refractivity contribution in [2.75, 3.05) is 11.7 Å². The smallest absolute Gasteiger partial charge is 0.305 e. The fourth-order valence-electron chi connectivity index (χ4n) is 0.886. The normalized spacial score (nSPS) is 12.8. The van der Waals surface area contributed by atoms with Gasteiger partial charge in [-0.2, -0.15) is 11.8 Å². The van der Waals surface area contributed by atoms with E-state index in [1.54, 1.807) is 0 Å². The van der Waals surface area contributed by atoms with E-state index < -0.39 is 7.60 Å². The van der Waals surface area contributed by atoms with Gasteiger partial charge in [0.15, 0.2) is 0 Å². The average molecular weight is 226 g/mol. The van der Waals surface area contributed by atoms with Crippen molar-refractivity contribution in [1.82, 2.24) is 0 Å². The zero-order valence-corrected chi connectivity index (χ0v) is 10.7. The highest BCUT2D eigenvalue weighted by atomic mass is 32.2. The Labute approximate surface area is 85.1 Å². The molecule has 13 heavy (non-hydrogen) atoms. The molecule has 0 aromatic rings. The molecule has 0 spiro atoms. The van der Waals surface area contributed by atoms with Gasteiger partial charge in [-0.25, -0.2) is 0 Å². The van der Waals surface area contributed by atoms with Crippen molar-refractivity contribution in [3.63, 3.8) is 0 Å². The minimum Gasteiger partial charge on any atom is -0.305 e. The predicted molar refractivity (Wildman–Crippen MR) is 58.4 cm³/mol. The Morgan fingerprint density at radius 2 is 1.54 bits per heavy atom. The summed E-state index contributed by atoms with van der Waals surface area (Å²) in [6, 6.07) is 0. The first-order valence-corrected chi connectivity index (χ1v) is 7.46. The van der Waals surface area contributed by atoms with Crippen LogP contribution >= 0.6 is 19.4 Å². The molecule has 0 aliphatic heterocycles. The van der Waals surface area contributed by atoms with Crippen LogP contribution in [0.5, 0.6) is 0 Å². The highest BCUT2D eigenvalue weighted by molar-refractivity contribution is 8.03. The molecule has 0 rings (SSSR count). The summed E-state index contributed by atoms with van der Waals surface area (Å²) in [6.07, 6.45) is 1.77. The molecule has 0 unspecified atom stereocenters. The lowest BCUT2D eigenvalue weighted by molar-refractivity contribution is 0.145. The summed E-state index contributed by atoms with van der Waals surface area (Å²) in [5, 5.41) is 0. The van der Waals surface area contributed by atoms with Crippen molar-refractivity contribution >= 4 is 19.4 Å². The molecule has 0 aliphatic carbocycles. The van der Waals surface area contributed by atoms with E-state index in [0.717, 1.165) is 0 Å². The lowest BCUT2D eigenvalue weighted by atomic mass is 10.5. The second kappa shape index (κ2) is 6.07. The molecule has 80 valence electrons. The lowest BCUT2D eigenvalue weighted by Gasteiger charge is -2.21. The van der Waals surface area contributed by atoms with E-state index in [-0.39, 0.29) is 12.2 Å². The first-order chi connectivity index (χ1) is 5.89. The van der Waals surface area contributed by atoms with Gasteiger partial charge in [-0.3, -0.25) is 4.57 Å². The average Bonchev–Trinajstić information content (AvgIpc) is 1.81. The van der Waals surface area contributed by atoms with E-state index in [9.17, 15) is 4.57 Å². The predicted octanol–water partition coefficient (Wildman–Crippen LogP) is 3.35. The summed E-state index contributed by atoms with van der Waals surface area (Å²) in [7, 11) is -2.87. The Morgan fingerprint density at radius 1 is 1.15 bits per heavy atom. The Bertz CT molecular complexity index is 168. The van der Waals surface area contributed by atoms with Crippen molar-refractivity contribution in [3.05, 3.63) is 0 Å². The maximum Gasteiger partial charge on any atom is 0.340 e. The summed E-state index contributed by atoms with van der Waals surface area (Å²) in [6.45, 7) is 7.43. The summed E-state index contributed by atoms with van der Waals surface area (Å²) >= 11 is 1.48. The van der Waals surface area contributed by atoms with Crippen LogP contribution in [0.2, 0.25) is 0 Å². The van der Waals surface area contributed by atoms with Gasteiger partial charge >= 0.3 is 7.60 Å². The zero-order valence-electron chi connectivity index (χ0n) is 8.94. The van der Waals surface area contributed by atoms with Gasteiger partial charge in [-0.1, -0.05) is 0 Å². The Hall–Kier alpha value is 0.500. The number of thioether (sulfide) groups is 1. The van der Waals surface area contributed by atoms with Crippen LogP contribution < -0.4 is 0 Å². The molecule has 0 bridgehead atoms. The maximum atomic E-state index is 12.0. The molecular weight excluding hydrogens is 207 g/mol. The van der Waals surface area contributed by atoms with Crippen LogP contribution in [0.25, 0.3) is 0 Å². The second-order valence-electron chi connectivity index (χ2n) is 3.34. The van der Waals surface area contributed by atoms with Crippen LogP contribution in [0.1, 0.15) is 27.7 Å². The summed E-state index contributed by atoms with van der Waals surface area (Å²) in [5.41, 5.74) is 0.420. The van der Waals surface area contributed by atoms with Gasteiger partial charge in [-0.15, -0.1) is 0 Å². The molecule has 0 heterocycles. The van der Waals surface area contributed by atoms with E-state index in [0.29, 0.717) is 5.49 Å². The van der Waals surface area contributed by atoms with Crippen LogP contribution in [0, 0.1) is 0 Å². The molecule has 0 radical (unpaired) electrons. The number of hydrogen-bond donors (Lipinski definition) is 0. The highest BCUT2D eigenvalue weighted by Gasteiger charge is 2.26. The summed E-state index contributed by atoms with van der Waals surface area (Å²) in [5.74, 6) is 0. The SMILES string of the molecule is CSCP(=O)(OC(C)C)OC(C)C. The molecule has 3 nitrogen and oxygen atoms in total. The monoisotopic (exact) mass is 226 g/mol.